The summed E-state index contributed by atoms with van der Waals surface area (Å²) in [4.78, 5) is 10.7. The maximum atomic E-state index is 10.7. The Hall–Kier alpha value is -1.52. The number of halogens is 1. The molecule has 0 amide bonds. The van der Waals surface area contributed by atoms with E-state index in [0.29, 0.717) is 10.8 Å². The van der Waals surface area contributed by atoms with Gasteiger partial charge < -0.3 is 14.6 Å². The van der Waals surface area contributed by atoms with E-state index in [2.05, 4.69) is 0 Å². The number of aliphatic carboxylic acids is 1. The van der Waals surface area contributed by atoms with Crippen LogP contribution in [0.15, 0.2) is 24.3 Å². The van der Waals surface area contributed by atoms with Gasteiger partial charge in [-0.15, -0.1) is 0 Å². The summed E-state index contributed by atoms with van der Waals surface area (Å²) >= 11 is 5.96. The minimum atomic E-state index is -0.832. The molecule has 5 heteroatoms. The van der Waals surface area contributed by atoms with E-state index >= 15 is 0 Å². The lowest BCUT2D eigenvalue weighted by atomic mass is 9.99. The second-order valence-electron chi connectivity index (χ2n) is 4.53. The highest BCUT2D eigenvalue weighted by Gasteiger charge is 2.16. The van der Waals surface area contributed by atoms with Crippen molar-refractivity contribution in [3.63, 3.8) is 0 Å². The molecule has 0 heterocycles. The average Bonchev–Trinajstić information content (AvgIpc) is 2.40. The molecule has 0 spiro atoms. The van der Waals surface area contributed by atoms with Crippen molar-refractivity contribution in [2.45, 2.75) is 19.4 Å². The summed E-state index contributed by atoms with van der Waals surface area (Å²) in [5.74, 6) is -0.342. The van der Waals surface area contributed by atoms with Crippen molar-refractivity contribution in [1.29, 1.82) is 0 Å². The molecule has 1 aromatic carbocycles. The smallest absolute Gasteiger partial charge is 0.303 e. The lowest BCUT2D eigenvalue weighted by Gasteiger charge is -2.17. The zero-order valence-corrected chi connectivity index (χ0v) is 12.6. The highest BCUT2D eigenvalue weighted by molar-refractivity contribution is 6.32. The molecule has 1 aromatic rings. The van der Waals surface area contributed by atoms with E-state index in [1.54, 1.807) is 20.3 Å². The van der Waals surface area contributed by atoms with Crippen LogP contribution in [0.2, 0.25) is 5.02 Å². The summed E-state index contributed by atoms with van der Waals surface area (Å²) in [6.45, 7) is 1.84. The summed E-state index contributed by atoms with van der Waals surface area (Å²) in [5, 5.41) is 9.35. The number of hydrogen-bond donors (Lipinski definition) is 1. The third-order valence-corrected chi connectivity index (χ3v) is 3.30. The Balaban J connectivity index is 2.81. The molecule has 1 rings (SSSR count). The summed E-state index contributed by atoms with van der Waals surface area (Å²) in [7, 11) is 3.12. The molecule has 0 radical (unpaired) electrons. The molecule has 4 nitrogen and oxygen atoms in total. The number of rotatable bonds is 7. The third kappa shape index (κ3) is 4.87. The molecule has 2 atom stereocenters. The van der Waals surface area contributed by atoms with Gasteiger partial charge in [0.05, 0.1) is 24.7 Å². The van der Waals surface area contributed by atoms with Gasteiger partial charge in [0.15, 0.2) is 0 Å². The second-order valence-corrected chi connectivity index (χ2v) is 4.94. The van der Waals surface area contributed by atoms with Crippen molar-refractivity contribution < 1.29 is 19.4 Å². The lowest BCUT2D eigenvalue weighted by Crippen LogP contribution is -2.20. The van der Waals surface area contributed by atoms with E-state index in [9.17, 15) is 4.79 Å². The molecule has 0 unspecified atom stereocenters. The van der Waals surface area contributed by atoms with Gasteiger partial charge in [-0.2, -0.15) is 0 Å². The number of hydrogen-bond acceptors (Lipinski definition) is 3. The van der Waals surface area contributed by atoms with Gasteiger partial charge in [-0.05, 0) is 23.6 Å². The summed E-state index contributed by atoms with van der Waals surface area (Å²) in [6.07, 6.45) is 3.52. The quantitative estimate of drug-likeness (QED) is 0.837. The maximum absolute atomic E-state index is 10.7. The SMILES string of the molecule is COc1cc(/C=C/[C@H](OC)[C@@H](C)CC(=O)O)ccc1Cl. The van der Waals surface area contributed by atoms with Gasteiger partial charge in [0.1, 0.15) is 5.75 Å². The van der Waals surface area contributed by atoms with Crippen molar-refractivity contribution in [1.82, 2.24) is 0 Å². The number of carbonyl (C=O) groups is 1. The first-order valence-electron chi connectivity index (χ1n) is 6.24. The summed E-state index contributed by atoms with van der Waals surface area (Å²) in [5.41, 5.74) is 0.913. The van der Waals surface area contributed by atoms with Crippen LogP contribution in [-0.4, -0.2) is 31.4 Å². The van der Waals surface area contributed by atoms with Gasteiger partial charge in [0.2, 0.25) is 0 Å². The largest absolute Gasteiger partial charge is 0.495 e. The Morgan fingerprint density at radius 1 is 1.45 bits per heavy atom. The highest BCUT2D eigenvalue weighted by atomic mass is 35.5. The van der Waals surface area contributed by atoms with Crippen molar-refractivity contribution in [2.75, 3.05) is 14.2 Å². The number of ether oxygens (including phenoxy) is 2. The Morgan fingerprint density at radius 3 is 2.70 bits per heavy atom. The Morgan fingerprint density at radius 2 is 2.15 bits per heavy atom. The minimum Gasteiger partial charge on any atom is -0.495 e. The molecular weight excluding hydrogens is 280 g/mol. The van der Waals surface area contributed by atoms with Crippen LogP contribution in [0.5, 0.6) is 5.75 Å². The van der Waals surface area contributed by atoms with Crippen LogP contribution in [0, 0.1) is 5.92 Å². The molecule has 0 aliphatic heterocycles. The van der Waals surface area contributed by atoms with Crippen LogP contribution >= 0.6 is 11.6 Å². The number of carboxylic acid groups (broad SMARTS) is 1. The molecule has 0 aliphatic carbocycles. The van der Waals surface area contributed by atoms with E-state index in [1.165, 1.54) is 0 Å². The van der Waals surface area contributed by atoms with E-state index in [4.69, 9.17) is 26.2 Å². The van der Waals surface area contributed by atoms with Crippen molar-refractivity contribution in [2.24, 2.45) is 5.92 Å². The maximum Gasteiger partial charge on any atom is 0.303 e. The third-order valence-electron chi connectivity index (χ3n) is 2.98. The Bertz CT molecular complexity index is 485. The van der Waals surface area contributed by atoms with E-state index < -0.39 is 5.97 Å². The van der Waals surface area contributed by atoms with Crippen LogP contribution < -0.4 is 4.74 Å². The van der Waals surface area contributed by atoms with Gasteiger partial charge in [-0.1, -0.05) is 36.7 Å². The Kier molecular flexibility index (Phi) is 6.55. The molecule has 1 N–H and O–H groups in total. The van der Waals surface area contributed by atoms with Crippen LogP contribution in [-0.2, 0) is 9.53 Å². The number of methoxy groups -OCH3 is 2. The monoisotopic (exact) mass is 298 g/mol. The van der Waals surface area contributed by atoms with Crippen molar-refractivity contribution >= 4 is 23.6 Å². The van der Waals surface area contributed by atoms with Crippen molar-refractivity contribution in [3.8, 4) is 5.75 Å². The normalized spacial score (nSPS) is 14.2. The first-order valence-corrected chi connectivity index (χ1v) is 6.62. The second kappa shape index (κ2) is 7.92. The predicted molar refractivity (Wildman–Crippen MR) is 79.3 cm³/mol. The first-order chi connectivity index (χ1) is 9.47. The zero-order chi connectivity index (χ0) is 15.1. The molecule has 20 heavy (non-hydrogen) atoms. The standard InChI is InChI=1S/C15H19ClO4/c1-10(8-15(17)18)13(19-2)7-5-11-4-6-12(16)14(9-11)20-3/h4-7,9-10,13H,8H2,1-3H3,(H,17,18)/b7-5+/t10-,13-/m0/s1. The molecule has 0 bridgehead atoms. The van der Waals surface area contributed by atoms with Crippen LogP contribution in [0.1, 0.15) is 18.9 Å². The van der Waals surface area contributed by atoms with E-state index in [0.717, 1.165) is 5.56 Å². The van der Waals surface area contributed by atoms with Crippen molar-refractivity contribution in [3.05, 3.63) is 34.9 Å². The average molecular weight is 299 g/mol. The molecule has 0 fully saturated rings. The molecule has 0 saturated carbocycles. The van der Waals surface area contributed by atoms with Gasteiger partial charge in [-0.3, -0.25) is 4.79 Å². The Labute approximate surface area is 124 Å². The fourth-order valence-electron chi connectivity index (χ4n) is 1.88. The fraction of sp³-hybridized carbons (Fsp3) is 0.400. The number of benzene rings is 1. The van der Waals surface area contributed by atoms with Crippen LogP contribution in [0.4, 0.5) is 0 Å². The summed E-state index contributed by atoms with van der Waals surface area (Å²) < 4.78 is 10.5. The van der Waals surface area contributed by atoms with Gasteiger partial charge in [0.25, 0.3) is 0 Å². The highest BCUT2D eigenvalue weighted by Crippen LogP contribution is 2.26. The number of carboxylic acids is 1. The predicted octanol–water partition coefficient (Wildman–Crippen LogP) is 3.49. The topological polar surface area (TPSA) is 55.8 Å². The zero-order valence-electron chi connectivity index (χ0n) is 11.8. The fourth-order valence-corrected chi connectivity index (χ4v) is 2.07. The minimum absolute atomic E-state index is 0.0623. The lowest BCUT2D eigenvalue weighted by molar-refractivity contribution is -0.138. The van der Waals surface area contributed by atoms with Gasteiger partial charge >= 0.3 is 5.97 Å². The van der Waals surface area contributed by atoms with E-state index in [1.807, 2.05) is 31.2 Å². The van der Waals surface area contributed by atoms with Gasteiger partial charge in [-0.25, -0.2) is 0 Å². The molecular formula is C15H19ClO4. The van der Waals surface area contributed by atoms with Gasteiger partial charge in [0, 0.05) is 7.11 Å². The molecule has 0 saturated heterocycles. The van der Waals surface area contributed by atoms with E-state index in [-0.39, 0.29) is 18.4 Å². The molecule has 110 valence electrons. The van der Waals surface area contributed by atoms with Crippen LogP contribution in [0.3, 0.4) is 0 Å². The molecule has 0 aromatic heterocycles. The first kappa shape index (κ1) is 16.5. The molecule has 0 aliphatic rings. The van der Waals surface area contributed by atoms with Crippen LogP contribution in [0.25, 0.3) is 6.08 Å². The summed E-state index contributed by atoms with van der Waals surface area (Å²) in [6, 6.07) is 5.42.